The van der Waals surface area contributed by atoms with Crippen LogP contribution in [-0.2, 0) is 79.5 Å². The van der Waals surface area contributed by atoms with Crippen LogP contribution in [0.25, 0.3) is 0 Å². The topological polar surface area (TPSA) is 274 Å². The highest BCUT2D eigenvalue weighted by atomic mass is 31.2. The van der Waals surface area contributed by atoms with E-state index in [0.29, 0.717) is 127 Å². The number of hydrogen-bond acceptors (Lipinski definition) is 21. The molecule has 12 aromatic carbocycles. The molecule has 0 saturated heterocycles. The Morgan fingerprint density at radius 1 is 0.242 bits per heavy atom. The van der Waals surface area contributed by atoms with Crippen LogP contribution in [0.4, 0.5) is 0 Å². The smallest absolute Gasteiger partial charge is 0.508 e. The van der Waals surface area contributed by atoms with Crippen molar-refractivity contribution in [2.45, 2.75) is 99.3 Å². The van der Waals surface area contributed by atoms with Gasteiger partial charge in [-0.05, 0) is 290 Å². The van der Waals surface area contributed by atoms with Crippen molar-refractivity contribution in [1.29, 1.82) is 0 Å². The summed E-state index contributed by atoms with van der Waals surface area (Å²) in [5.41, 5.74) is 12.5. The van der Waals surface area contributed by atoms with E-state index in [1.807, 2.05) is 166 Å². The predicted octanol–water partition coefficient (Wildman–Crippen LogP) is 27.2. The van der Waals surface area contributed by atoms with Gasteiger partial charge in [0.2, 0.25) is 0 Å². The van der Waals surface area contributed by atoms with Gasteiger partial charge in [0.05, 0.1) is 0 Å². The molecular weight excluding hydrogens is 1640 g/mol. The van der Waals surface area contributed by atoms with Gasteiger partial charge in [-0.3, -0.25) is 0 Å². The summed E-state index contributed by atoms with van der Waals surface area (Å²) in [5.74, 6) is 5.84. The zero-order valence-corrected chi connectivity index (χ0v) is 72.0. The average Bonchev–Trinajstić information content (AvgIpc) is 0.831. The van der Waals surface area contributed by atoms with Crippen LogP contribution in [0.3, 0.4) is 0 Å². The number of benzene rings is 12. The standard InChI is InChI=1S/3C31H30O7P2/c3*1-3-28(4-2)36-40(34,37-30-17-9-25(10-18-30)21-23-5-13-27(32)14-6-23)38-31-19-11-26(12-20-31)22-24-7-15-29(16-8-24)35-39-33/h3*3,5-20,32H,4,21-22H2,1-2H3/b3*28-3-. The maximum Gasteiger partial charge on any atom is 0.646 e. The number of phosphoric acid groups is 3. The number of phosphoric ester groups is 3. The summed E-state index contributed by atoms with van der Waals surface area (Å²) in [6, 6.07) is 86.4. The summed E-state index contributed by atoms with van der Waals surface area (Å²) in [6.07, 6.45) is 10.8. The molecule has 21 nitrogen and oxygen atoms in total. The molecule has 0 fully saturated rings. The summed E-state index contributed by atoms with van der Waals surface area (Å²) in [7, 11) is -13.4. The third-order valence-electron chi connectivity index (χ3n) is 18.0. The van der Waals surface area contributed by atoms with Gasteiger partial charge in [-0.1, -0.05) is 166 Å². The maximum absolute atomic E-state index is 13.8. The first kappa shape index (κ1) is 90.2. The highest BCUT2D eigenvalue weighted by Gasteiger charge is 2.36. The maximum atomic E-state index is 13.8. The van der Waals surface area contributed by atoms with Crippen LogP contribution in [0, 0.1) is 0 Å². The molecule has 0 saturated carbocycles. The van der Waals surface area contributed by atoms with E-state index in [9.17, 15) is 42.7 Å². The fourth-order valence-electron chi connectivity index (χ4n) is 11.7. The Hall–Kier alpha value is -12.2. The van der Waals surface area contributed by atoms with Gasteiger partial charge in [0.1, 0.15) is 86.3 Å². The van der Waals surface area contributed by atoms with Crippen LogP contribution in [0.1, 0.15) is 128 Å². The van der Waals surface area contributed by atoms with Crippen molar-refractivity contribution >= 4 is 49.5 Å². The van der Waals surface area contributed by atoms with Crippen LogP contribution in [0.5, 0.6) is 69.0 Å². The Morgan fingerprint density at radius 2 is 0.375 bits per heavy atom. The summed E-state index contributed by atoms with van der Waals surface area (Å²) in [5, 5.41) is 28.5. The van der Waals surface area contributed by atoms with Gasteiger partial charge in [-0.15, -0.1) is 0 Å². The lowest BCUT2D eigenvalue weighted by atomic mass is 10.1. The Bertz CT molecular complexity index is 4940. The number of allylic oxidation sites excluding steroid dienone is 6. The Kier molecular flexibility index (Phi) is 34.3. The molecule has 12 aromatic rings. The van der Waals surface area contributed by atoms with Gasteiger partial charge in [-0.2, -0.15) is 13.7 Å². The van der Waals surface area contributed by atoms with Gasteiger partial charge in [0, 0.05) is 19.3 Å². The Morgan fingerprint density at radius 3 is 0.500 bits per heavy atom. The van der Waals surface area contributed by atoms with Crippen LogP contribution in [0.2, 0.25) is 0 Å². The normalized spacial score (nSPS) is 12.9. The van der Waals surface area contributed by atoms with E-state index >= 15 is 0 Å². The van der Waals surface area contributed by atoms with Crippen molar-refractivity contribution < 1.29 is 97.0 Å². The molecule has 0 aliphatic carbocycles. The zero-order valence-electron chi connectivity index (χ0n) is 66.7. The largest absolute Gasteiger partial charge is 0.646 e. The van der Waals surface area contributed by atoms with E-state index in [4.69, 9.17) is 54.3 Å². The van der Waals surface area contributed by atoms with Crippen LogP contribution in [0.15, 0.2) is 327 Å². The monoisotopic (exact) mass is 1730 g/mol. The second-order valence-electron chi connectivity index (χ2n) is 26.8. The number of hydrogen-bond donors (Lipinski definition) is 3. The molecule has 0 aliphatic rings. The van der Waals surface area contributed by atoms with Crippen molar-refractivity contribution in [3.63, 3.8) is 0 Å². The minimum atomic E-state index is -4.07. The molecule has 618 valence electrons. The third-order valence-corrected chi connectivity index (χ3v) is 22.8. The lowest BCUT2D eigenvalue weighted by molar-refractivity contribution is 0.250. The van der Waals surface area contributed by atoms with Gasteiger partial charge in [-0.25, -0.2) is 13.7 Å². The van der Waals surface area contributed by atoms with E-state index in [-0.39, 0.29) is 43.3 Å². The number of phenolic OH excluding ortho intramolecular Hbond substituents is 3. The molecule has 3 atom stereocenters. The molecule has 12 rings (SSSR count). The number of phenols is 3. The summed E-state index contributed by atoms with van der Waals surface area (Å²) < 4.78 is 140. The van der Waals surface area contributed by atoms with Crippen molar-refractivity contribution in [3.05, 3.63) is 393 Å². The lowest BCUT2D eigenvalue weighted by Gasteiger charge is -2.20. The van der Waals surface area contributed by atoms with E-state index in [1.165, 1.54) is 0 Å². The molecule has 0 amide bonds. The number of rotatable bonds is 39. The molecule has 0 radical (unpaired) electrons. The van der Waals surface area contributed by atoms with Crippen molar-refractivity contribution in [1.82, 2.24) is 0 Å². The van der Waals surface area contributed by atoms with Gasteiger partial charge in [0.15, 0.2) is 0 Å². The van der Waals surface area contributed by atoms with Crippen molar-refractivity contribution in [3.8, 4) is 69.0 Å². The Labute approximate surface area is 704 Å². The molecule has 0 spiro atoms. The minimum absolute atomic E-state index is 0.225. The summed E-state index contributed by atoms with van der Waals surface area (Å²) in [6.45, 7) is 11.1. The molecular formula is C93H90O21P6. The molecule has 120 heavy (non-hydrogen) atoms. The summed E-state index contributed by atoms with van der Waals surface area (Å²) in [4.78, 5) is 0. The van der Waals surface area contributed by atoms with Gasteiger partial charge < -0.3 is 69.6 Å². The van der Waals surface area contributed by atoms with Gasteiger partial charge in [0.25, 0.3) is 0 Å². The molecule has 0 aromatic heterocycles. The molecule has 3 N–H and O–H groups in total. The lowest BCUT2D eigenvalue weighted by Crippen LogP contribution is -2.05. The quantitative estimate of drug-likeness (QED) is 0.0238. The van der Waals surface area contributed by atoms with Crippen molar-refractivity contribution in [2.75, 3.05) is 0 Å². The second kappa shape index (κ2) is 45.7. The van der Waals surface area contributed by atoms with E-state index < -0.39 is 23.5 Å². The second-order valence-corrected chi connectivity index (χ2v) is 32.2. The van der Waals surface area contributed by atoms with Crippen LogP contribution in [-0.4, -0.2) is 15.3 Å². The molecule has 0 heterocycles. The highest BCUT2D eigenvalue weighted by molar-refractivity contribution is 7.50. The fraction of sp³-hybridized carbons (Fsp3) is 0.161. The van der Waals surface area contributed by atoms with E-state index in [0.717, 1.165) is 66.8 Å². The van der Waals surface area contributed by atoms with Crippen molar-refractivity contribution in [2.24, 2.45) is 0 Å². The SMILES string of the molecule is C/C=C(/CC)OP(=O)(Oc1ccc(Cc2ccc(O)cc2)cc1)Oc1ccc(Cc2ccc(OP=O)cc2)cc1.C/C=C(/CC)OP(=O)(Oc1ccc(Cc2ccc(O)cc2)cc1)Oc1ccc(Cc2ccc(OP=O)cc2)cc1.C/C=C(/CC)OP(=O)(Oc1ccc(Cc2ccc(O)cc2)cc1)Oc1ccc(Cc2ccc(OP=O)cc2)cc1. The van der Waals surface area contributed by atoms with E-state index in [1.54, 1.807) is 185 Å². The first-order chi connectivity index (χ1) is 58.1. The minimum Gasteiger partial charge on any atom is -0.508 e. The summed E-state index contributed by atoms with van der Waals surface area (Å²) >= 11 is 0. The highest BCUT2D eigenvalue weighted by Crippen LogP contribution is 2.55. The average molecular weight is 1730 g/mol. The predicted molar refractivity (Wildman–Crippen MR) is 466 cm³/mol. The molecule has 27 heteroatoms. The number of aromatic hydroxyl groups is 3. The molecule has 0 bridgehead atoms. The first-order valence-electron chi connectivity index (χ1n) is 38.3. The van der Waals surface area contributed by atoms with Crippen LogP contribution >= 0.6 is 49.5 Å². The van der Waals surface area contributed by atoms with Crippen LogP contribution < -0.4 is 40.7 Å². The molecule has 3 unspecified atom stereocenters. The van der Waals surface area contributed by atoms with E-state index in [2.05, 4.69) is 0 Å². The third kappa shape index (κ3) is 29.7. The van der Waals surface area contributed by atoms with Gasteiger partial charge >= 0.3 is 49.5 Å². The Balaban J connectivity index is 0.000000189. The zero-order chi connectivity index (χ0) is 85.1. The molecule has 0 aliphatic heterocycles. The first-order valence-corrected chi connectivity index (χ1v) is 44.9. The fourth-order valence-corrected chi connectivity index (χ4v) is 16.5.